The van der Waals surface area contributed by atoms with E-state index in [0.717, 1.165) is 6.54 Å². The highest BCUT2D eigenvalue weighted by Crippen LogP contribution is 2.32. The molecule has 110 valence electrons. The van der Waals surface area contributed by atoms with Crippen LogP contribution in [0.4, 0.5) is 5.69 Å². The lowest BCUT2D eigenvalue weighted by molar-refractivity contribution is 0.0832. The number of piperazine rings is 1. The predicted molar refractivity (Wildman–Crippen MR) is 85.4 cm³/mol. The van der Waals surface area contributed by atoms with Crippen LogP contribution in [0.1, 0.15) is 31.7 Å². The van der Waals surface area contributed by atoms with Crippen molar-refractivity contribution in [3.63, 3.8) is 0 Å². The maximum absolute atomic E-state index is 3.53. The van der Waals surface area contributed by atoms with E-state index in [-0.39, 0.29) is 0 Å². The summed E-state index contributed by atoms with van der Waals surface area (Å²) in [5.74, 6) is 0.702. The van der Waals surface area contributed by atoms with E-state index >= 15 is 0 Å². The normalized spacial score (nSPS) is 27.9. The Morgan fingerprint density at radius 3 is 2.90 bits per heavy atom. The lowest BCUT2D eigenvalue weighted by Gasteiger charge is -2.41. The second-order valence-corrected chi connectivity index (χ2v) is 6.24. The zero-order valence-electron chi connectivity index (χ0n) is 12.8. The standard InChI is InChI=1S/C17H27N3/c1-3-20-11-10-19(12-14(20)2)13-15-8-9-18-17-7-5-4-6-16(15)17/h4-7,14-15,18H,3,8-13H2,1-2H3. The molecular weight excluding hydrogens is 246 g/mol. The Balaban J connectivity index is 1.65. The summed E-state index contributed by atoms with van der Waals surface area (Å²) < 4.78 is 0. The number of anilines is 1. The predicted octanol–water partition coefficient (Wildman–Crippen LogP) is 2.61. The van der Waals surface area contributed by atoms with E-state index in [1.54, 1.807) is 0 Å². The van der Waals surface area contributed by atoms with Crippen molar-refractivity contribution in [1.82, 2.24) is 9.80 Å². The molecule has 2 atom stereocenters. The number of hydrogen-bond acceptors (Lipinski definition) is 3. The maximum atomic E-state index is 3.53. The number of fused-ring (bicyclic) bond motifs is 1. The fourth-order valence-electron chi connectivity index (χ4n) is 3.76. The molecule has 0 saturated carbocycles. The molecule has 2 aliphatic rings. The average molecular weight is 273 g/mol. The molecule has 3 nitrogen and oxygen atoms in total. The van der Waals surface area contributed by atoms with Gasteiger partial charge in [-0.3, -0.25) is 9.80 Å². The molecule has 3 rings (SSSR count). The summed E-state index contributed by atoms with van der Waals surface area (Å²) in [7, 11) is 0. The van der Waals surface area contributed by atoms with E-state index < -0.39 is 0 Å². The van der Waals surface area contributed by atoms with Gasteiger partial charge in [0.1, 0.15) is 0 Å². The first kappa shape index (κ1) is 13.9. The monoisotopic (exact) mass is 273 g/mol. The topological polar surface area (TPSA) is 18.5 Å². The van der Waals surface area contributed by atoms with Crippen molar-refractivity contribution in [3.05, 3.63) is 29.8 Å². The van der Waals surface area contributed by atoms with Crippen LogP contribution >= 0.6 is 0 Å². The van der Waals surface area contributed by atoms with Crippen molar-refractivity contribution in [1.29, 1.82) is 0 Å². The fraction of sp³-hybridized carbons (Fsp3) is 0.647. The summed E-state index contributed by atoms with van der Waals surface area (Å²) in [6.45, 7) is 11.8. The number of hydrogen-bond donors (Lipinski definition) is 1. The molecule has 0 aliphatic carbocycles. The van der Waals surface area contributed by atoms with Gasteiger partial charge in [0.05, 0.1) is 0 Å². The number of para-hydroxylation sites is 1. The van der Waals surface area contributed by atoms with Gasteiger partial charge in [-0.05, 0) is 31.5 Å². The van der Waals surface area contributed by atoms with Crippen LogP contribution in [-0.2, 0) is 0 Å². The van der Waals surface area contributed by atoms with Crippen LogP contribution in [0, 0.1) is 0 Å². The van der Waals surface area contributed by atoms with Crippen LogP contribution in [0.15, 0.2) is 24.3 Å². The Kier molecular flexibility index (Phi) is 4.27. The average Bonchev–Trinajstić information content (AvgIpc) is 2.48. The zero-order chi connectivity index (χ0) is 13.9. The smallest absolute Gasteiger partial charge is 0.0376 e. The minimum atomic E-state index is 0.700. The van der Waals surface area contributed by atoms with Crippen LogP contribution in [0.2, 0.25) is 0 Å². The molecule has 2 heterocycles. The highest BCUT2D eigenvalue weighted by Gasteiger charge is 2.26. The second-order valence-electron chi connectivity index (χ2n) is 6.24. The molecule has 0 spiro atoms. The van der Waals surface area contributed by atoms with Crippen molar-refractivity contribution < 1.29 is 0 Å². The molecule has 0 radical (unpaired) electrons. The van der Waals surface area contributed by atoms with Crippen molar-refractivity contribution in [2.24, 2.45) is 0 Å². The molecule has 0 aromatic heterocycles. The zero-order valence-corrected chi connectivity index (χ0v) is 12.8. The van der Waals surface area contributed by atoms with E-state index in [4.69, 9.17) is 0 Å². The largest absolute Gasteiger partial charge is 0.385 e. The van der Waals surface area contributed by atoms with Crippen LogP contribution in [0.5, 0.6) is 0 Å². The molecule has 1 fully saturated rings. The van der Waals surface area contributed by atoms with Gasteiger partial charge in [-0.25, -0.2) is 0 Å². The van der Waals surface area contributed by atoms with Gasteiger partial charge in [-0.15, -0.1) is 0 Å². The van der Waals surface area contributed by atoms with Gasteiger partial charge in [-0.1, -0.05) is 25.1 Å². The molecule has 3 heteroatoms. The first-order valence-corrected chi connectivity index (χ1v) is 8.07. The summed E-state index contributed by atoms with van der Waals surface area (Å²) in [6, 6.07) is 9.54. The lowest BCUT2D eigenvalue weighted by Crippen LogP contribution is -2.52. The SMILES string of the molecule is CCN1CCN(CC2CCNc3ccccc32)CC1C. The first-order valence-electron chi connectivity index (χ1n) is 8.07. The van der Waals surface area contributed by atoms with E-state index in [0.29, 0.717) is 12.0 Å². The van der Waals surface area contributed by atoms with Crippen LogP contribution in [0.3, 0.4) is 0 Å². The first-order chi connectivity index (χ1) is 9.78. The molecule has 1 aromatic rings. The number of nitrogens with one attached hydrogen (secondary N) is 1. The number of likely N-dealkylation sites (N-methyl/N-ethyl adjacent to an activating group) is 1. The summed E-state index contributed by atoms with van der Waals surface area (Å²) in [5.41, 5.74) is 2.87. The molecular formula is C17H27N3. The van der Waals surface area contributed by atoms with Gasteiger partial charge in [-0.2, -0.15) is 0 Å². The van der Waals surface area contributed by atoms with Gasteiger partial charge >= 0.3 is 0 Å². The van der Waals surface area contributed by atoms with E-state index in [1.807, 2.05) is 0 Å². The molecule has 2 unspecified atom stereocenters. The quantitative estimate of drug-likeness (QED) is 0.913. The third-order valence-electron chi connectivity index (χ3n) is 4.94. The third kappa shape index (κ3) is 2.84. The number of nitrogens with zero attached hydrogens (tertiary/aromatic N) is 2. The Labute approximate surface area is 123 Å². The van der Waals surface area contributed by atoms with Crippen molar-refractivity contribution in [2.45, 2.75) is 32.2 Å². The summed E-state index contributed by atoms with van der Waals surface area (Å²) in [6.07, 6.45) is 1.26. The molecule has 2 aliphatic heterocycles. The van der Waals surface area contributed by atoms with E-state index in [1.165, 1.54) is 50.4 Å². The van der Waals surface area contributed by atoms with E-state index in [9.17, 15) is 0 Å². The minimum absolute atomic E-state index is 0.700. The van der Waals surface area contributed by atoms with Gasteiger partial charge in [0, 0.05) is 50.4 Å². The van der Waals surface area contributed by atoms with Crippen molar-refractivity contribution >= 4 is 5.69 Å². The maximum Gasteiger partial charge on any atom is 0.0376 e. The molecule has 1 N–H and O–H groups in total. The fourth-order valence-corrected chi connectivity index (χ4v) is 3.76. The third-order valence-corrected chi connectivity index (χ3v) is 4.94. The molecule has 20 heavy (non-hydrogen) atoms. The summed E-state index contributed by atoms with van der Waals surface area (Å²) in [4.78, 5) is 5.26. The number of benzene rings is 1. The van der Waals surface area contributed by atoms with Gasteiger partial charge in [0.25, 0.3) is 0 Å². The lowest BCUT2D eigenvalue weighted by atomic mass is 9.90. The van der Waals surface area contributed by atoms with E-state index in [2.05, 4.69) is 53.2 Å². The van der Waals surface area contributed by atoms with Crippen molar-refractivity contribution in [2.75, 3.05) is 44.6 Å². The van der Waals surface area contributed by atoms with Crippen LogP contribution < -0.4 is 5.32 Å². The number of rotatable bonds is 3. The van der Waals surface area contributed by atoms with Gasteiger partial charge in [0.2, 0.25) is 0 Å². The highest BCUT2D eigenvalue weighted by molar-refractivity contribution is 5.54. The molecule has 1 saturated heterocycles. The Hall–Kier alpha value is -1.06. The summed E-state index contributed by atoms with van der Waals surface area (Å²) >= 11 is 0. The van der Waals surface area contributed by atoms with Crippen LogP contribution in [0.25, 0.3) is 0 Å². The highest BCUT2D eigenvalue weighted by atomic mass is 15.3. The molecule has 0 bridgehead atoms. The molecule has 0 amide bonds. The Bertz CT molecular complexity index is 446. The minimum Gasteiger partial charge on any atom is -0.385 e. The Morgan fingerprint density at radius 1 is 1.25 bits per heavy atom. The van der Waals surface area contributed by atoms with Gasteiger partial charge < -0.3 is 5.32 Å². The van der Waals surface area contributed by atoms with Crippen LogP contribution in [-0.4, -0.2) is 55.1 Å². The van der Waals surface area contributed by atoms with Gasteiger partial charge in [0.15, 0.2) is 0 Å². The summed E-state index contributed by atoms with van der Waals surface area (Å²) in [5, 5.41) is 3.53. The van der Waals surface area contributed by atoms with Crippen molar-refractivity contribution in [3.8, 4) is 0 Å². The second kappa shape index (κ2) is 6.15. The Morgan fingerprint density at radius 2 is 2.10 bits per heavy atom. The molecule has 1 aromatic carbocycles.